The maximum atomic E-state index is 12.6. The summed E-state index contributed by atoms with van der Waals surface area (Å²) in [5.41, 5.74) is 4.13. The number of aryl methyl sites for hydroxylation is 2. The van der Waals surface area contributed by atoms with E-state index in [-0.39, 0.29) is 4.90 Å². The Labute approximate surface area is 199 Å². The normalized spacial score (nSPS) is 11.6. The lowest BCUT2D eigenvalue weighted by Crippen LogP contribution is -2.12. The Hall–Kier alpha value is -3.34. The second kappa shape index (κ2) is 8.54. The summed E-state index contributed by atoms with van der Waals surface area (Å²) in [6.45, 7) is 4.15. The zero-order valence-corrected chi connectivity index (χ0v) is 20.2. The first-order chi connectivity index (χ1) is 15.9. The molecule has 2 aromatic carbocycles. The molecule has 10 heteroatoms. The fraction of sp³-hybridized carbons (Fsp3) is 0.0870. The molecule has 2 N–H and O–H groups in total. The minimum absolute atomic E-state index is 0.155. The third kappa shape index (κ3) is 4.32. The van der Waals surface area contributed by atoms with E-state index in [9.17, 15) is 8.42 Å². The van der Waals surface area contributed by atoms with Gasteiger partial charge in [0.1, 0.15) is 17.0 Å². The first kappa shape index (κ1) is 21.5. The molecule has 0 spiro atoms. The molecule has 0 fully saturated rings. The van der Waals surface area contributed by atoms with E-state index in [1.54, 1.807) is 47.2 Å². The van der Waals surface area contributed by atoms with Crippen molar-refractivity contribution in [1.82, 2.24) is 15.0 Å². The van der Waals surface area contributed by atoms with Crippen LogP contribution in [0.1, 0.15) is 10.4 Å². The van der Waals surface area contributed by atoms with Gasteiger partial charge in [0, 0.05) is 27.7 Å². The summed E-state index contributed by atoms with van der Waals surface area (Å²) < 4.78 is 27.7. The number of sulfonamides is 1. The number of nitrogens with zero attached hydrogens (tertiary/aromatic N) is 3. The van der Waals surface area contributed by atoms with E-state index in [2.05, 4.69) is 63.1 Å². The molecule has 0 saturated heterocycles. The molecule has 7 nitrogen and oxygen atoms in total. The molecular weight excluding hydrogens is 474 g/mol. The van der Waals surface area contributed by atoms with Gasteiger partial charge in [0.2, 0.25) is 0 Å². The maximum absolute atomic E-state index is 12.6. The summed E-state index contributed by atoms with van der Waals surface area (Å²) in [6, 6.07) is 14.9. The van der Waals surface area contributed by atoms with Gasteiger partial charge in [-0.3, -0.25) is 4.72 Å². The maximum Gasteiger partial charge on any atom is 0.263 e. The van der Waals surface area contributed by atoms with Gasteiger partial charge >= 0.3 is 0 Å². The van der Waals surface area contributed by atoms with Gasteiger partial charge < -0.3 is 5.32 Å². The van der Waals surface area contributed by atoms with Crippen molar-refractivity contribution < 1.29 is 8.42 Å². The molecule has 166 valence electrons. The molecule has 3 aromatic heterocycles. The summed E-state index contributed by atoms with van der Waals surface area (Å²) in [6.07, 6.45) is 3.09. The molecule has 0 bridgehead atoms. The topological polar surface area (TPSA) is 96.9 Å². The Morgan fingerprint density at radius 3 is 2.36 bits per heavy atom. The smallest absolute Gasteiger partial charge is 0.263 e. The van der Waals surface area contributed by atoms with E-state index in [4.69, 9.17) is 0 Å². The number of rotatable bonds is 6. The monoisotopic (exact) mass is 493 g/mol. The second-order valence-electron chi connectivity index (χ2n) is 7.39. The van der Waals surface area contributed by atoms with Crippen molar-refractivity contribution in [3.63, 3.8) is 0 Å². The van der Waals surface area contributed by atoms with Crippen LogP contribution in [0.2, 0.25) is 0 Å². The van der Waals surface area contributed by atoms with Gasteiger partial charge in [0.15, 0.2) is 5.13 Å². The van der Waals surface area contributed by atoms with Gasteiger partial charge in [-0.2, -0.15) is 0 Å². The van der Waals surface area contributed by atoms with Crippen molar-refractivity contribution in [2.75, 3.05) is 10.0 Å². The van der Waals surface area contributed by atoms with Crippen LogP contribution in [0.5, 0.6) is 0 Å². The highest BCUT2D eigenvalue weighted by molar-refractivity contribution is 7.93. The number of anilines is 3. The third-order valence-electron chi connectivity index (χ3n) is 5.09. The van der Waals surface area contributed by atoms with Crippen molar-refractivity contribution in [2.45, 2.75) is 18.7 Å². The van der Waals surface area contributed by atoms with Gasteiger partial charge in [-0.1, -0.05) is 29.8 Å². The van der Waals surface area contributed by atoms with Gasteiger partial charge in [-0.05, 0) is 43.7 Å². The van der Waals surface area contributed by atoms with Crippen LogP contribution in [0.4, 0.5) is 16.6 Å². The number of hydrogen-bond donors (Lipinski definition) is 2. The molecule has 3 heterocycles. The summed E-state index contributed by atoms with van der Waals surface area (Å²) in [5, 5.41) is 6.33. The molecule has 0 atom stereocenters. The van der Waals surface area contributed by atoms with Gasteiger partial charge in [-0.15, -0.1) is 22.7 Å². The second-order valence-corrected chi connectivity index (χ2v) is 11.2. The van der Waals surface area contributed by atoms with Crippen LogP contribution in [-0.4, -0.2) is 23.4 Å². The standard InChI is InChI=1S/C23H19N5O2S3/c1-14-3-5-16(6-4-14)19-15(2)32-22-20(19)21(25-13-26-22)27-17-7-9-18(10-8-17)33(29,30)28-23-24-11-12-31-23/h3-13H,1-2H3,(H,24,28)(H,25,26,27). The Kier molecular flexibility index (Phi) is 5.57. The average molecular weight is 494 g/mol. The molecule has 0 saturated carbocycles. The number of aromatic nitrogens is 3. The lowest BCUT2D eigenvalue weighted by molar-refractivity contribution is 0.601. The van der Waals surface area contributed by atoms with Gasteiger partial charge in [0.05, 0.1) is 10.3 Å². The molecule has 5 aromatic rings. The summed E-state index contributed by atoms with van der Waals surface area (Å²) in [5.74, 6) is 0.677. The fourth-order valence-corrected chi connectivity index (χ4v) is 6.31. The van der Waals surface area contributed by atoms with Crippen LogP contribution in [0.25, 0.3) is 21.3 Å². The van der Waals surface area contributed by atoms with Crippen LogP contribution < -0.4 is 10.0 Å². The minimum atomic E-state index is -3.70. The molecular formula is C23H19N5O2S3. The van der Waals surface area contributed by atoms with Crippen molar-refractivity contribution in [2.24, 2.45) is 0 Å². The third-order valence-corrected chi connectivity index (χ3v) is 8.27. The number of thiophene rings is 1. The Balaban J connectivity index is 1.48. The van der Waals surface area contributed by atoms with Crippen LogP contribution in [0, 0.1) is 13.8 Å². The molecule has 0 unspecified atom stereocenters. The lowest BCUT2D eigenvalue weighted by Gasteiger charge is -2.10. The molecule has 0 aliphatic rings. The number of thiazole rings is 1. The summed E-state index contributed by atoms with van der Waals surface area (Å²) in [7, 11) is -3.70. The minimum Gasteiger partial charge on any atom is -0.340 e. The van der Waals surface area contributed by atoms with E-state index < -0.39 is 10.0 Å². The van der Waals surface area contributed by atoms with Gasteiger partial charge in [0.25, 0.3) is 10.0 Å². The Morgan fingerprint density at radius 2 is 1.67 bits per heavy atom. The van der Waals surface area contributed by atoms with Crippen LogP contribution in [-0.2, 0) is 10.0 Å². The molecule has 33 heavy (non-hydrogen) atoms. The van der Waals surface area contributed by atoms with E-state index in [1.165, 1.54) is 23.2 Å². The zero-order valence-electron chi connectivity index (χ0n) is 17.7. The average Bonchev–Trinajstić information content (AvgIpc) is 3.42. The van der Waals surface area contributed by atoms with Crippen LogP contribution in [0.15, 0.2) is 71.3 Å². The lowest BCUT2D eigenvalue weighted by atomic mass is 10.0. The number of fused-ring (bicyclic) bond motifs is 1. The summed E-state index contributed by atoms with van der Waals surface area (Å²) in [4.78, 5) is 15.1. The SMILES string of the molecule is Cc1ccc(-c2c(C)sc3ncnc(Nc4ccc(S(=O)(=O)Nc5nccs5)cc4)c23)cc1. The van der Waals surface area contributed by atoms with E-state index >= 15 is 0 Å². The Morgan fingerprint density at radius 1 is 0.909 bits per heavy atom. The van der Waals surface area contributed by atoms with E-state index in [0.717, 1.165) is 31.9 Å². The quantitative estimate of drug-likeness (QED) is 0.302. The molecule has 0 amide bonds. The van der Waals surface area contributed by atoms with Crippen molar-refractivity contribution >= 4 is 59.6 Å². The van der Waals surface area contributed by atoms with Crippen molar-refractivity contribution in [1.29, 1.82) is 0 Å². The predicted molar refractivity (Wildman–Crippen MR) is 135 cm³/mol. The first-order valence-corrected chi connectivity index (χ1v) is 13.2. The highest BCUT2D eigenvalue weighted by atomic mass is 32.2. The van der Waals surface area contributed by atoms with Crippen LogP contribution in [0.3, 0.4) is 0 Å². The van der Waals surface area contributed by atoms with Crippen LogP contribution >= 0.6 is 22.7 Å². The molecule has 0 aliphatic carbocycles. The Bertz CT molecular complexity index is 1530. The number of benzene rings is 2. The zero-order chi connectivity index (χ0) is 23.0. The number of nitrogens with one attached hydrogen (secondary N) is 2. The largest absolute Gasteiger partial charge is 0.340 e. The number of hydrogen-bond acceptors (Lipinski definition) is 8. The highest BCUT2D eigenvalue weighted by Crippen LogP contribution is 2.41. The first-order valence-electron chi connectivity index (χ1n) is 10.0. The molecule has 0 radical (unpaired) electrons. The van der Waals surface area contributed by atoms with Crippen molar-refractivity contribution in [3.8, 4) is 11.1 Å². The molecule has 5 rings (SSSR count). The molecule has 0 aliphatic heterocycles. The van der Waals surface area contributed by atoms with E-state index in [0.29, 0.717) is 10.9 Å². The van der Waals surface area contributed by atoms with E-state index in [1.807, 2.05) is 0 Å². The van der Waals surface area contributed by atoms with Gasteiger partial charge in [-0.25, -0.2) is 23.4 Å². The predicted octanol–water partition coefficient (Wildman–Crippen LogP) is 5.98. The fourth-order valence-electron chi connectivity index (χ4n) is 3.51. The highest BCUT2D eigenvalue weighted by Gasteiger charge is 2.18. The van der Waals surface area contributed by atoms with Crippen molar-refractivity contribution in [3.05, 3.63) is 76.9 Å². The summed E-state index contributed by atoms with van der Waals surface area (Å²) >= 11 is 2.85.